The Labute approximate surface area is 104 Å². The Kier molecular flexibility index (Phi) is 4.95. The highest BCUT2D eigenvalue weighted by Crippen LogP contribution is 2.21. The summed E-state index contributed by atoms with van der Waals surface area (Å²) in [5.41, 5.74) is 0. The number of carboxylic acid groups (broad SMARTS) is 1. The fraction of sp³-hybridized carbons (Fsp3) is 0.700. The largest absolute Gasteiger partial charge is 0.481 e. The number of hydrogen-bond acceptors (Lipinski definition) is 5. The third kappa shape index (κ3) is 4.01. The van der Waals surface area contributed by atoms with E-state index in [1.54, 1.807) is 11.5 Å². The number of thioether (sulfide) groups is 1. The molecule has 0 saturated carbocycles. The topological polar surface area (TPSA) is 88.2 Å². The second kappa shape index (κ2) is 6.02. The Morgan fingerprint density at radius 2 is 2.06 bits per heavy atom. The van der Waals surface area contributed by atoms with Crippen LogP contribution in [0.5, 0.6) is 0 Å². The van der Waals surface area contributed by atoms with Crippen LogP contribution in [-0.2, 0) is 11.3 Å². The van der Waals surface area contributed by atoms with E-state index in [9.17, 15) is 9.90 Å². The molecule has 1 atom stereocenters. The molecular weight excluding hydrogens is 242 g/mol. The van der Waals surface area contributed by atoms with E-state index in [1.807, 2.05) is 13.8 Å². The molecule has 0 amide bonds. The number of hydrogen-bond donors (Lipinski definition) is 2. The zero-order chi connectivity index (χ0) is 13.0. The smallest absolute Gasteiger partial charge is 0.313 e. The molecule has 0 bridgehead atoms. The van der Waals surface area contributed by atoms with Gasteiger partial charge < -0.3 is 14.8 Å². The molecule has 96 valence electrons. The standard InChI is InChI=1S/C10H17N3O3S/c1-6(2)4-13-9(7(3)14)11-12-10(13)17-5-8(15)16/h6-7,14H,4-5H2,1-3H3,(H,15,16)/t7-/m0/s1. The molecule has 7 heteroatoms. The van der Waals surface area contributed by atoms with Gasteiger partial charge in [0.2, 0.25) is 0 Å². The number of nitrogens with zero attached hydrogens (tertiary/aromatic N) is 3. The molecule has 0 spiro atoms. The minimum Gasteiger partial charge on any atom is -0.481 e. The van der Waals surface area contributed by atoms with Crippen LogP contribution in [0.15, 0.2) is 5.16 Å². The molecule has 0 aliphatic heterocycles. The number of aliphatic carboxylic acids is 1. The molecule has 0 aliphatic carbocycles. The van der Waals surface area contributed by atoms with Gasteiger partial charge in [-0.1, -0.05) is 25.6 Å². The van der Waals surface area contributed by atoms with Crippen LogP contribution in [0, 0.1) is 5.92 Å². The van der Waals surface area contributed by atoms with Crippen LogP contribution >= 0.6 is 11.8 Å². The third-order valence-corrected chi connectivity index (χ3v) is 2.94. The predicted octanol–water partition coefficient (Wildman–Crippen LogP) is 1.16. The highest BCUT2D eigenvalue weighted by molar-refractivity contribution is 7.99. The van der Waals surface area contributed by atoms with Gasteiger partial charge in [0, 0.05) is 6.54 Å². The van der Waals surface area contributed by atoms with Crippen LogP contribution in [-0.4, -0.2) is 36.7 Å². The Balaban J connectivity index is 2.91. The van der Waals surface area contributed by atoms with Crippen molar-refractivity contribution in [2.45, 2.75) is 38.6 Å². The van der Waals surface area contributed by atoms with Crippen LogP contribution in [0.25, 0.3) is 0 Å². The number of aromatic nitrogens is 3. The molecule has 0 aromatic carbocycles. The molecule has 0 unspecified atom stereocenters. The quantitative estimate of drug-likeness (QED) is 0.745. The first kappa shape index (κ1) is 14.0. The van der Waals surface area contributed by atoms with Gasteiger partial charge in [-0.05, 0) is 12.8 Å². The van der Waals surface area contributed by atoms with Crippen molar-refractivity contribution in [1.82, 2.24) is 14.8 Å². The van der Waals surface area contributed by atoms with E-state index in [4.69, 9.17) is 5.11 Å². The highest BCUT2D eigenvalue weighted by atomic mass is 32.2. The summed E-state index contributed by atoms with van der Waals surface area (Å²) < 4.78 is 1.78. The monoisotopic (exact) mass is 259 g/mol. The lowest BCUT2D eigenvalue weighted by Gasteiger charge is -2.13. The maximum absolute atomic E-state index is 10.5. The zero-order valence-electron chi connectivity index (χ0n) is 10.1. The van der Waals surface area contributed by atoms with Crippen LogP contribution in [0.2, 0.25) is 0 Å². The minimum absolute atomic E-state index is 0.0595. The zero-order valence-corrected chi connectivity index (χ0v) is 10.9. The fourth-order valence-corrected chi connectivity index (χ4v) is 2.05. The highest BCUT2D eigenvalue weighted by Gasteiger charge is 2.17. The first-order valence-electron chi connectivity index (χ1n) is 5.37. The van der Waals surface area contributed by atoms with E-state index in [0.717, 1.165) is 11.8 Å². The summed E-state index contributed by atoms with van der Waals surface area (Å²) in [6, 6.07) is 0. The minimum atomic E-state index is -0.896. The Morgan fingerprint density at radius 1 is 1.41 bits per heavy atom. The molecule has 0 saturated heterocycles. The van der Waals surface area contributed by atoms with Crippen molar-refractivity contribution in [3.8, 4) is 0 Å². The first-order valence-corrected chi connectivity index (χ1v) is 6.36. The summed E-state index contributed by atoms with van der Waals surface area (Å²) in [4.78, 5) is 10.5. The van der Waals surface area contributed by atoms with E-state index in [0.29, 0.717) is 23.4 Å². The Morgan fingerprint density at radius 3 is 2.53 bits per heavy atom. The average Bonchev–Trinajstić information content (AvgIpc) is 2.57. The lowest BCUT2D eigenvalue weighted by atomic mass is 10.2. The van der Waals surface area contributed by atoms with Crippen molar-refractivity contribution in [3.63, 3.8) is 0 Å². The molecule has 1 aromatic heterocycles. The van der Waals surface area contributed by atoms with E-state index < -0.39 is 12.1 Å². The predicted molar refractivity (Wildman–Crippen MR) is 63.9 cm³/mol. The van der Waals surface area contributed by atoms with Gasteiger partial charge in [-0.25, -0.2) is 0 Å². The summed E-state index contributed by atoms with van der Waals surface area (Å²) in [5.74, 6) is -0.109. The number of aliphatic hydroxyl groups excluding tert-OH is 1. The van der Waals surface area contributed by atoms with Gasteiger partial charge in [-0.15, -0.1) is 10.2 Å². The molecule has 2 N–H and O–H groups in total. The molecule has 1 aromatic rings. The van der Waals surface area contributed by atoms with Crippen molar-refractivity contribution in [1.29, 1.82) is 0 Å². The Hall–Kier alpha value is -1.08. The second-order valence-electron chi connectivity index (χ2n) is 4.20. The average molecular weight is 259 g/mol. The van der Waals surface area contributed by atoms with Crippen LogP contribution in [0.1, 0.15) is 32.7 Å². The lowest BCUT2D eigenvalue weighted by Crippen LogP contribution is -2.12. The molecule has 1 rings (SSSR count). The summed E-state index contributed by atoms with van der Waals surface area (Å²) in [6.45, 7) is 6.36. The van der Waals surface area contributed by atoms with E-state index in [2.05, 4.69) is 10.2 Å². The summed E-state index contributed by atoms with van der Waals surface area (Å²) in [6.07, 6.45) is -0.708. The number of rotatable bonds is 6. The molecule has 6 nitrogen and oxygen atoms in total. The van der Waals surface area contributed by atoms with Crippen LogP contribution in [0.4, 0.5) is 0 Å². The first-order chi connectivity index (χ1) is 7.91. The lowest BCUT2D eigenvalue weighted by molar-refractivity contribution is -0.133. The summed E-state index contributed by atoms with van der Waals surface area (Å²) >= 11 is 1.11. The van der Waals surface area contributed by atoms with Gasteiger partial charge in [0.25, 0.3) is 0 Å². The molecule has 1 heterocycles. The number of carbonyl (C=O) groups is 1. The van der Waals surface area contributed by atoms with Crippen molar-refractivity contribution < 1.29 is 15.0 Å². The molecule has 0 radical (unpaired) electrons. The van der Waals surface area contributed by atoms with Crippen LogP contribution in [0.3, 0.4) is 0 Å². The van der Waals surface area contributed by atoms with E-state index in [-0.39, 0.29) is 5.75 Å². The number of carboxylic acids is 1. The molecule has 0 fully saturated rings. The maximum Gasteiger partial charge on any atom is 0.313 e. The van der Waals surface area contributed by atoms with Gasteiger partial charge in [0.1, 0.15) is 6.10 Å². The second-order valence-corrected chi connectivity index (χ2v) is 5.15. The molecule has 17 heavy (non-hydrogen) atoms. The summed E-state index contributed by atoms with van der Waals surface area (Å²) in [5, 5.41) is 26.5. The normalized spacial score (nSPS) is 13.0. The Bertz CT molecular complexity index is 390. The number of aliphatic hydroxyl groups is 1. The van der Waals surface area contributed by atoms with E-state index in [1.165, 1.54) is 0 Å². The van der Waals surface area contributed by atoms with Gasteiger partial charge in [-0.3, -0.25) is 4.79 Å². The van der Waals surface area contributed by atoms with Gasteiger partial charge >= 0.3 is 5.97 Å². The SMILES string of the molecule is CC(C)Cn1c(SCC(=O)O)nnc1[C@H](C)O. The molecular formula is C10H17N3O3S. The van der Waals surface area contributed by atoms with Crippen LogP contribution < -0.4 is 0 Å². The van der Waals surface area contributed by atoms with Gasteiger partial charge in [0.05, 0.1) is 5.75 Å². The molecule has 0 aliphatic rings. The van der Waals surface area contributed by atoms with Crippen molar-refractivity contribution >= 4 is 17.7 Å². The summed E-state index contributed by atoms with van der Waals surface area (Å²) in [7, 11) is 0. The van der Waals surface area contributed by atoms with Gasteiger partial charge in [0.15, 0.2) is 11.0 Å². The fourth-order valence-electron chi connectivity index (χ4n) is 1.38. The maximum atomic E-state index is 10.5. The third-order valence-electron chi connectivity index (χ3n) is 1.99. The van der Waals surface area contributed by atoms with Crippen molar-refractivity contribution in [3.05, 3.63) is 5.82 Å². The van der Waals surface area contributed by atoms with E-state index >= 15 is 0 Å². The van der Waals surface area contributed by atoms with Crippen molar-refractivity contribution in [2.24, 2.45) is 5.92 Å². The van der Waals surface area contributed by atoms with Crippen molar-refractivity contribution in [2.75, 3.05) is 5.75 Å². The van der Waals surface area contributed by atoms with Gasteiger partial charge in [-0.2, -0.15) is 0 Å².